The third kappa shape index (κ3) is 3.15. The summed E-state index contributed by atoms with van der Waals surface area (Å²) in [5, 5.41) is 4.00. The highest BCUT2D eigenvalue weighted by molar-refractivity contribution is 5.79. The molecule has 0 amide bonds. The Hall–Kier alpha value is -3.61. The Bertz CT molecular complexity index is 1180. The van der Waals surface area contributed by atoms with E-state index in [0.717, 1.165) is 16.8 Å². The Morgan fingerprint density at radius 1 is 1.19 bits per heavy atom. The molecule has 0 aliphatic rings. The average molecular weight is 363 g/mol. The van der Waals surface area contributed by atoms with Gasteiger partial charge in [-0.25, -0.2) is 4.79 Å². The van der Waals surface area contributed by atoms with Crippen LogP contribution in [0.25, 0.3) is 34.6 Å². The van der Waals surface area contributed by atoms with Gasteiger partial charge in [0.25, 0.3) is 5.89 Å². The number of benzene rings is 2. The molecule has 4 rings (SSSR count). The second-order valence-electron chi connectivity index (χ2n) is 5.83. The Kier molecular flexibility index (Phi) is 4.33. The predicted molar refractivity (Wildman–Crippen MR) is 101 cm³/mol. The first kappa shape index (κ1) is 16.8. The van der Waals surface area contributed by atoms with Gasteiger partial charge >= 0.3 is 5.76 Å². The van der Waals surface area contributed by atoms with Crippen molar-refractivity contribution in [3.05, 3.63) is 64.5 Å². The molecule has 136 valence electrons. The van der Waals surface area contributed by atoms with Crippen LogP contribution >= 0.6 is 0 Å². The molecule has 0 saturated carbocycles. The minimum absolute atomic E-state index is 0.364. The van der Waals surface area contributed by atoms with E-state index in [1.54, 1.807) is 23.8 Å². The quantitative estimate of drug-likeness (QED) is 0.536. The third-order valence-corrected chi connectivity index (χ3v) is 4.23. The summed E-state index contributed by atoms with van der Waals surface area (Å²) >= 11 is 0. The molecule has 0 N–H and O–H groups in total. The van der Waals surface area contributed by atoms with Gasteiger partial charge in [-0.1, -0.05) is 23.4 Å². The smallest absolute Gasteiger partial charge is 0.419 e. The van der Waals surface area contributed by atoms with Crippen LogP contribution in [0.1, 0.15) is 18.4 Å². The van der Waals surface area contributed by atoms with Crippen LogP contribution in [0.2, 0.25) is 0 Å². The fourth-order valence-corrected chi connectivity index (χ4v) is 2.89. The number of hydrogen-bond acceptors (Lipinski definition) is 6. The Morgan fingerprint density at radius 3 is 2.85 bits per heavy atom. The first-order valence-electron chi connectivity index (χ1n) is 8.48. The molecule has 0 aliphatic carbocycles. The van der Waals surface area contributed by atoms with Crippen molar-refractivity contribution < 1.29 is 13.7 Å². The van der Waals surface area contributed by atoms with Gasteiger partial charge in [-0.15, -0.1) is 0 Å². The summed E-state index contributed by atoms with van der Waals surface area (Å²) in [6.45, 7) is 2.44. The molecule has 0 unspecified atom stereocenters. The standard InChI is InChI=1S/C20H17N3O4/c1-3-23-15-10-8-14(12-17(15)26-20(23)24)19-21-18(27-22-19)11-9-13-6-4-5-7-16(13)25-2/h4-12H,3H2,1-2H3/b11-9+. The highest BCUT2D eigenvalue weighted by atomic mass is 16.5. The maximum absolute atomic E-state index is 11.8. The molecule has 0 radical (unpaired) electrons. The molecule has 2 aromatic carbocycles. The lowest BCUT2D eigenvalue weighted by molar-refractivity contribution is 0.411. The molecule has 0 saturated heterocycles. The van der Waals surface area contributed by atoms with E-state index < -0.39 is 0 Å². The van der Waals surface area contributed by atoms with Crippen molar-refractivity contribution in [3.63, 3.8) is 0 Å². The van der Waals surface area contributed by atoms with Gasteiger partial charge in [0, 0.05) is 23.7 Å². The number of ether oxygens (including phenoxy) is 1. The fraction of sp³-hybridized carbons (Fsp3) is 0.150. The first-order chi connectivity index (χ1) is 13.2. The highest BCUT2D eigenvalue weighted by Gasteiger charge is 2.12. The normalized spacial score (nSPS) is 11.5. The number of para-hydroxylation sites is 1. The molecule has 7 heteroatoms. The first-order valence-corrected chi connectivity index (χ1v) is 8.48. The molecule has 4 aromatic rings. The van der Waals surface area contributed by atoms with Crippen molar-refractivity contribution in [2.45, 2.75) is 13.5 Å². The predicted octanol–water partition coefficient (Wildman–Crippen LogP) is 3.84. The molecule has 0 aliphatic heterocycles. The van der Waals surface area contributed by atoms with Crippen LogP contribution in [0, 0.1) is 0 Å². The number of hydrogen-bond donors (Lipinski definition) is 0. The number of methoxy groups -OCH3 is 1. The van der Waals surface area contributed by atoms with Crippen LogP contribution in [0.3, 0.4) is 0 Å². The number of nitrogens with zero attached hydrogens (tertiary/aromatic N) is 3. The van der Waals surface area contributed by atoms with Crippen LogP contribution in [-0.2, 0) is 6.54 Å². The monoisotopic (exact) mass is 363 g/mol. The van der Waals surface area contributed by atoms with Crippen molar-refractivity contribution >= 4 is 23.3 Å². The molecular formula is C20H17N3O4. The molecule has 0 spiro atoms. The Balaban J connectivity index is 1.63. The molecule has 0 fully saturated rings. The molecule has 2 heterocycles. The van der Waals surface area contributed by atoms with Crippen molar-refractivity contribution in [2.24, 2.45) is 0 Å². The van der Waals surface area contributed by atoms with Crippen LogP contribution in [-0.4, -0.2) is 21.8 Å². The number of fused-ring (bicyclic) bond motifs is 1. The Labute approximate surface area is 154 Å². The minimum Gasteiger partial charge on any atom is -0.496 e. The van der Waals surface area contributed by atoms with Crippen molar-refractivity contribution in [1.29, 1.82) is 0 Å². The van der Waals surface area contributed by atoms with E-state index in [1.165, 1.54) is 0 Å². The fourth-order valence-electron chi connectivity index (χ4n) is 2.89. The zero-order valence-corrected chi connectivity index (χ0v) is 14.9. The molecule has 0 bridgehead atoms. The summed E-state index contributed by atoms with van der Waals surface area (Å²) in [7, 11) is 1.62. The lowest BCUT2D eigenvalue weighted by Gasteiger charge is -2.02. The third-order valence-electron chi connectivity index (χ3n) is 4.23. The second-order valence-corrected chi connectivity index (χ2v) is 5.83. The maximum Gasteiger partial charge on any atom is 0.419 e. The molecule has 7 nitrogen and oxygen atoms in total. The maximum atomic E-state index is 11.8. The zero-order chi connectivity index (χ0) is 18.8. The highest BCUT2D eigenvalue weighted by Crippen LogP contribution is 2.23. The lowest BCUT2D eigenvalue weighted by Crippen LogP contribution is -2.11. The SMILES string of the molecule is CCn1c(=O)oc2cc(-c3noc(/C=C/c4ccccc4OC)n3)ccc21. The summed E-state index contributed by atoms with van der Waals surface area (Å²) in [5.74, 6) is 1.17. The van der Waals surface area contributed by atoms with Gasteiger partial charge in [-0.05, 0) is 37.3 Å². The van der Waals surface area contributed by atoms with E-state index >= 15 is 0 Å². The van der Waals surface area contributed by atoms with E-state index in [0.29, 0.717) is 29.4 Å². The number of aromatic nitrogens is 3. The lowest BCUT2D eigenvalue weighted by atomic mass is 10.2. The second kappa shape index (κ2) is 6.95. The van der Waals surface area contributed by atoms with E-state index in [4.69, 9.17) is 13.7 Å². The summed E-state index contributed by atoms with van der Waals surface area (Å²) < 4.78 is 17.5. The zero-order valence-electron chi connectivity index (χ0n) is 14.9. The molecular weight excluding hydrogens is 346 g/mol. The van der Waals surface area contributed by atoms with Crippen LogP contribution in [0.15, 0.2) is 56.2 Å². The molecule has 27 heavy (non-hydrogen) atoms. The van der Waals surface area contributed by atoms with E-state index in [9.17, 15) is 4.79 Å². The van der Waals surface area contributed by atoms with Gasteiger partial charge in [0.2, 0.25) is 5.82 Å². The number of rotatable bonds is 5. The summed E-state index contributed by atoms with van der Waals surface area (Å²) in [6, 6.07) is 13.0. The van der Waals surface area contributed by atoms with Gasteiger partial charge in [0.15, 0.2) is 5.58 Å². The topological polar surface area (TPSA) is 83.3 Å². The number of oxazole rings is 1. The number of aryl methyl sites for hydroxylation is 1. The summed E-state index contributed by atoms with van der Waals surface area (Å²) in [5.41, 5.74) is 2.85. The van der Waals surface area contributed by atoms with Gasteiger partial charge in [0.1, 0.15) is 5.75 Å². The molecule has 2 aromatic heterocycles. The van der Waals surface area contributed by atoms with Gasteiger partial charge in [0.05, 0.1) is 12.6 Å². The van der Waals surface area contributed by atoms with Crippen LogP contribution in [0.4, 0.5) is 0 Å². The van der Waals surface area contributed by atoms with Crippen LogP contribution < -0.4 is 10.5 Å². The Morgan fingerprint density at radius 2 is 2.04 bits per heavy atom. The van der Waals surface area contributed by atoms with E-state index in [1.807, 2.05) is 49.4 Å². The van der Waals surface area contributed by atoms with Crippen LogP contribution in [0.5, 0.6) is 5.75 Å². The van der Waals surface area contributed by atoms with Gasteiger partial charge < -0.3 is 13.7 Å². The van der Waals surface area contributed by atoms with Crippen molar-refractivity contribution in [3.8, 4) is 17.1 Å². The van der Waals surface area contributed by atoms with E-state index in [2.05, 4.69) is 10.1 Å². The summed E-state index contributed by atoms with van der Waals surface area (Å²) in [4.78, 5) is 16.2. The van der Waals surface area contributed by atoms with Crippen molar-refractivity contribution in [1.82, 2.24) is 14.7 Å². The van der Waals surface area contributed by atoms with Gasteiger partial charge in [-0.2, -0.15) is 4.98 Å². The minimum atomic E-state index is -0.377. The molecule has 0 atom stereocenters. The van der Waals surface area contributed by atoms with Crippen molar-refractivity contribution in [2.75, 3.05) is 7.11 Å². The average Bonchev–Trinajstić information content (AvgIpc) is 3.29. The van der Waals surface area contributed by atoms with E-state index in [-0.39, 0.29) is 5.76 Å². The largest absolute Gasteiger partial charge is 0.496 e. The van der Waals surface area contributed by atoms with Gasteiger partial charge in [-0.3, -0.25) is 4.57 Å². The summed E-state index contributed by atoms with van der Waals surface area (Å²) in [6.07, 6.45) is 3.57.